The highest BCUT2D eigenvalue weighted by atomic mass is 32.2. The van der Waals surface area contributed by atoms with Crippen molar-refractivity contribution in [3.63, 3.8) is 0 Å². The number of fused-ring (bicyclic) bond motifs is 1. The Morgan fingerprint density at radius 1 is 1.26 bits per heavy atom. The van der Waals surface area contributed by atoms with Gasteiger partial charge in [0.05, 0.1) is 30.8 Å². The molecular formula is C17H17N3O5S2. The molecule has 0 amide bonds. The molecule has 1 N–H and O–H groups in total. The van der Waals surface area contributed by atoms with E-state index in [2.05, 4.69) is 14.9 Å². The third-order valence-electron chi connectivity index (χ3n) is 4.16. The van der Waals surface area contributed by atoms with Crippen LogP contribution in [0.25, 0.3) is 11.5 Å². The van der Waals surface area contributed by atoms with Crippen molar-refractivity contribution in [3.8, 4) is 17.2 Å². The second-order valence-electron chi connectivity index (χ2n) is 5.94. The van der Waals surface area contributed by atoms with Gasteiger partial charge in [-0.05, 0) is 43.2 Å². The molecule has 4 rings (SSSR count). The van der Waals surface area contributed by atoms with E-state index >= 15 is 0 Å². The van der Waals surface area contributed by atoms with Crippen molar-refractivity contribution in [2.24, 2.45) is 0 Å². The Bertz CT molecular complexity index is 1070. The van der Waals surface area contributed by atoms with Gasteiger partial charge >= 0.3 is 0 Å². The van der Waals surface area contributed by atoms with Crippen molar-refractivity contribution < 1.29 is 22.4 Å². The van der Waals surface area contributed by atoms with Gasteiger partial charge in [-0.1, -0.05) is 5.16 Å². The summed E-state index contributed by atoms with van der Waals surface area (Å²) in [5, 5.41) is 4.28. The summed E-state index contributed by atoms with van der Waals surface area (Å²) in [6, 6.07) is 6.19. The zero-order valence-corrected chi connectivity index (χ0v) is 16.3. The number of ether oxygens (including phenoxy) is 2. The first-order chi connectivity index (χ1) is 13.0. The molecule has 0 aliphatic carbocycles. The van der Waals surface area contributed by atoms with Gasteiger partial charge in [-0.15, -0.1) is 11.3 Å². The zero-order chi connectivity index (χ0) is 19.0. The van der Waals surface area contributed by atoms with Gasteiger partial charge in [-0.3, -0.25) is 4.72 Å². The molecule has 0 unspecified atom stereocenters. The monoisotopic (exact) mass is 407 g/mol. The Kier molecular flexibility index (Phi) is 4.62. The average Bonchev–Trinajstić information content (AvgIpc) is 3.24. The van der Waals surface area contributed by atoms with E-state index in [1.807, 2.05) is 0 Å². The van der Waals surface area contributed by atoms with Crippen LogP contribution in [0.3, 0.4) is 0 Å². The molecule has 3 heterocycles. The number of hydrogen-bond acceptors (Lipinski definition) is 8. The van der Waals surface area contributed by atoms with Crippen molar-refractivity contribution in [2.75, 3.05) is 18.4 Å². The number of anilines is 1. The predicted octanol–water partition coefficient (Wildman–Crippen LogP) is 2.99. The van der Waals surface area contributed by atoms with E-state index in [9.17, 15) is 8.42 Å². The van der Waals surface area contributed by atoms with E-state index in [1.54, 1.807) is 19.1 Å². The lowest BCUT2D eigenvalue weighted by Gasteiger charge is -2.12. The summed E-state index contributed by atoms with van der Waals surface area (Å²) < 4.78 is 44.3. The highest BCUT2D eigenvalue weighted by Crippen LogP contribution is 2.43. The molecule has 0 atom stereocenters. The number of rotatable bonds is 5. The smallest absolute Gasteiger partial charge is 0.262 e. The van der Waals surface area contributed by atoms with Gasteiger partial charge in [0.2, 0.25) is 0 Å². The molecule has 1 aliphatic rings. The minimum Gasteiger partial charge on any atom is -0.497 e. The number of benzene rings is 1. The fraction of sp³-hybridized carbons (Fsp3) is 0.294. The van der Waals surface area contributed by atoms with Crippen LogP contribution in [0.5, 0.6) is 5.75 Å². The molecule has 0 saturated carbocycles. The average molecular weight is 407 g/mol. The molecule has 1 aromatic carbocycles. The second kappa shape index (κ2) is 6.95. The van der Waals surface area contributed by atoms with Crippen molar-refractivity contribution >= 4 is 26.4 Å². The summed E-state index contributed by atoms with van der Waals surface area (Å²) in [5.41, 5.74) is 1.62. The van der Waals surface area contributed by atoms with Gasteiger partial charge in [-0.25, -0.2) is 8.42 Å². The third-order valence-corrected chi connectivity index (χ3v) is 6.77. The summed E-state index contributed by atoms with van der Waals surface area (Å²) in [4.78, 5) is 5.38. The van der Waals surface area contributed by atoms with Crippen molar-refractivity contribution in [3.05, 3.63) is 40.5 Å². The fourth-order valence-corrected chi connectivity index (χ4v) is 5.35. The Hall–Kier alpha value is -2.43. The normalized spacial score (nSPS) is 14.0. The molecule has 0 fully saturated rings. The van der Waals surface area contributed by atoms with Gasteiger partial charge < -0.3 is 14.0 Å². The summed E-state index contributed by atoms with van der Waals surface area (Å²) >= 11 is 1.33. The highest BCUT2D eigenvalue weighted by molar-refractivity contribution is 7.93. The lowest BCUT2D eigenvalue weighted by Crippen LogP contribution is -2.13. The van der Waals surface area contributed by atoms with Crippen LogP contribution in [-0.4, -0.2) is 32.3 Å². The van der Waals surface area contributed by atoms with E-state index < -0.39 is 10.0 Å². The van der Waals surface area contributed by atoms with E-state index in [1.165, 1.54) is 30.6 Å². The van der Waals surface area contributed by atoms with Crippen LogP contribution >= 0.6 is 11.3 Å². The summed E-state index contributed by atoms with van der Waals surface area (Å²) in [7, 11) is -2.26. The maximum absolute atomic E-state index is 12.9. The van der Waals surface area contributed by atoms with E-state index in [4.69, 9.17) is 14.0 Å². The SMILES string of the molecule is COc1ccc(S(=O)(=O)Nc2sc3c(c2-c2nc(C)no2)CCOC3)cc1. The number of nitrogens with zero attached hydrogens (tertiary/aromatic N) is 2. The molecule has 142 valence electrons. The Morgan fingerprint density at radius 3 is 2.70 bits per heavy atom. The quantitative estimate of drug-likeness (QED) is 0.693. The van der Waals surface area contributed by atoms with Crippen LogP contribution in [0.2, 0.25) is 0 Å². The number of sulfonamides is 1. The molecular weight excluding hydrogens is 390 g/mol. The Labute approximate surface area is 160 Å². The second-order valence-corrected chi connectivity index (χ2v) is 8.73. The van der Waals surface area contributed by atoms with Crippen LogP contribution in [0.1, 0.15) is 16.3 Å². The lowest BCUT2D eigenvalue weighted by molar-refractivity contribution is 0.113. The Morgan fingerprint density at radius 2 is 2.04 bits per heavy atom. The maximum Gasteiger partial charge on any atom is 0.262 e. The molecule has 0 bridgehead atoms. The molecule has 2 aromatic heterocycles. The first-order valence-corrected chi connectivity index (χ1v) is 10.5. The molecule has 3 aromatic rings. The minimum atomic E-state index is -3.79. The first kappa shape index (κ1) is 18.0. The Balaban J connectivity index is 1.75. The number of thiophene rings is 1. The molecule has 0 radical (unpaired) electrons. The number of methoxy groups -OCH3 is 1. The number of aromatic nitrogens is 2. The highest BCUT2D eigenvalue weighted by Gasteiger charge is 2.28. The fourth-order valence-electron chi connectivity index (χ4n) is 2.86. The van der Waals surface area contributed by atoms with E-state index in [0.29, 0.717) is 47.7 Å². The van der Waals surface area contributed by atoms with E-state index in [0.717, 1.165) is 10.4 Å². The number of hydrogen-bond donors (Lipinski definition) is 1. The standard InChI is InChI=1S/C17H17N3O5S2/c1-10-18-16(25-19-10)15-13-7-8-24-9-14(13)26-17(15)20-27(21,22)12-5-3-11(23-2)4-6-12/h3-6,20H,7-9H2,1-2H3. The van der Waals surface area contributed by atoms with Gasteiger partial charge in [0.1, 0.15) is 10.8 Å². The molecule has 0 saturated heterocycles. The van der Waals surface area contributed by atoms with Gasteiger partial charge in [0, 0.05) is 4.88 Å². The van der Waals surface area contributed by atoms with Gasteiger partial charge in [-0.2, -0.15) is 4.98 Å². The topological polar surface area (TPSA) is 104 Å². The van der Waals surface area contributed by atoms with Crippen LogP contribution in [0.4, 0.5) is 5.00 Å². The van der Waals surface area contributed by atoms with Crippen molar-refractivity contribution in [1.82, 2.24) is 10.1 Å². The molecule has 0 spiro atoms. The molecule has 10 heteroatoms. The first-order valence-electron chi connectivity index (χ1n) is 8.18. The summed E-state index contributed by atoms with van der Waals surface area (Å²) in [6.07, 6.45) is 0.660. The lowest BCUT2D eigenvalue weighted by atomic mass is 10.1. The molecule has 1 aliphatic heterocycles. The maximum atomic E-state index is 12.9. The van der Waals surface area contributed by atoms with Crippen LogP contribution in [0.15, 0.2) is 33.7 Å². The minimum absolute atomic E-state index is 0.138. The van der Waals surface area contributed by atoms with Crippen LogP contribution in [0, 0.1) is 6.92 Å². The van der Waals surface area contributed by atoms with Gasteiger partial charge in [0.25, 0.3) is 15.9 Å². The predicted molar refractivity (Wildman–Crippen MR) is 99.5 cm³/mol. The third kappa shape index (κ3) is 3.43. The zero-order valence-electron chi connectivity index (χ0n) is 14.7. The van der Waals surface area contributed by atoms with Crippen LogP contribution in [-0.2, 0) is 27.8 Å². The summed E-state index contributed by atoms with van der Waals surface area (Å²) in [5.74, 6) is 1.38. The van der Waals surface area contributed by atoms with Gasteiger partial charge in [0.15, 0.2) is 5.82 Å². The van der Waals surface area contributed by atoms with Crippen molar-refractivity contribution in [1.29, 1.82) is 0 Å². The van der Waals surface area contributed by atoms with Crippen LogP contribution < -0.4 is 9.46 Å². The molecule has 8 nitrogen and oxygen atoms in total. The van der Waals surface area contributed by atoms with Crippen molar-refractivity contribution in [2.45, 2.75) is 24.8 Å². The summed E-state index contributed by atoms with van der Waals surface area (Å²) in [6.45, 7) is 2.72. The van der Waals surface area contributed by atoms with E-state index in [-0.39, 0.29) is 4.90 Å². The molecule has 27 heavy (non-hydrogen) atoms. The largest absolute Gasteiger partial charge is 0.497 e. The number of nitrogens with one attached hydrogen (secondary N) is 1. The number of aryl methyl sites for hydroxylation is 1.